The maximum absolute atomic E-state index is 11.1. The lowest BCUT2D eigenvalue weighted by molar-refractivity contribution is -0.384. The van der Waals surface area contributed by atoms with Gasteiger partial charge < -0.3 is 5.32 Å². The fourth-order valence-corrected chi connectivity index (χ4v) is 2.04. The molecule has 2 aromatic rings. The summed E-state index contributed by atoms with van der Waals surface area (Å²) in [5, 5.41) is 18.4. The van der Waals surface area contributed by atoms with Crippen LogP contribution in [0.25, 0.3) is 11.4 Å². The van der Waals surface area contributed by atoms with E-state index in [-0.39, 0.29) is 5.69 Å². The third-order valence-electron chi connectivity index (χ3n) is 2.99. The molecule has 0 aliphatic heterocycles. The van der Waals surface area contributed by atoms with Crippen LogP contribution in [0, 0.1) is 10.1 Å². The van der Waals surface area contributed by atoms with E-state index in [1.54, 1.807) is 6.20 Å². The van der Waals surface area contributed by atoms with Crippen molar-refractivity contribution in [2.75, 3.05) is 11.9 Å². The number of pyridine rings is 1. The van der Waals surface area contributed by atoms with Crippen molar-refractivity contribution < 1.29 is 4.92 Å². The van der Waals surface area contributed by atoms with E-state index in [9.17, 15) is 10.1 Å². The summed E-state index contributed by atoms with van der Waals surface area (Å²) < 4.78 is 1.82. The molecule has 0 aliphatic carbocycles. The second kappa shape index (κ2) is 6.83. The summed E-state index contributed by atoms with van der Waals surface area (Å²) in [4.78, 5) is 15.1. The van der Waals surface area contributed by atoms with Gasteiger partial charge in [0.2, 0.25) is 0 Å². The molecule has 0 aliphatic rings. The Bertz CT molecular complexity index is 624. The first-order valence-corrected chi connectivity index (χ1v) is 7.08. The van der Waals surface area contributed by atoms with Gasteiger partial charge in [0.15, 0.2) is 0 Å². The zero-order valence-electron chi connectivity index (χ0n) is 12.2. The van der Waals surface area contributed by atoms with Crippen LogP contribution in [0.1, 0.15) is 26.7 Å². The van der Waals surface area contributed by atoms with Gasteiger partial charge in [-0.05, 0) is 18.9 Å². The maximum Gasteiger partial charge on any atom is 0.275 e. The lowest BCUT2D eigenvalue weighted by atomic mass is 10.2. The van der Waals surface area contributed by atoms with Gasteiger partial charge in [0.25, 0.3) is 5.69 Å². The first-order valence-electron chi connectivity index (χ1n) is 7.08. The topological polar surface area (TPSA) is 85.9 Å². The van der Waals surface area contributed by atoms with Crippen molar-refractivity contribution in [2.24, 2.45) is 0 Å². The van der Waals surface area contributed by atoms with Gasteiger partial charge in [-0.15, -0.1) is 0 Å². The third kappa shape index (κ3) is 3.56. The predicted octanol–water partition coefficient (Wildman–Crippen LogP) is 3.09. The van der Waals surface area contributed by atoms with Gasteiger partial charge in [-0.25, -0.2) is 4.98 Å². The normalized spacial score (nSPS) is 10.6. The summed E-state index contributed by atoms with van der Waals surface area (Å²) in [5.41, 5.74) is 1.39. The quantitative estimate of drug-likeness (QED) is 0.625. The highest BCUT2D eigenvalue weighted by Gasteiger charge is 2.15. The highest BCUT2D eigenvalue weighted by Crippen LogP contribution is 2.25. The molecule has 7 nitrogen and oxygen atoms in total. The summed E-state index contributed by atoms with van der Waals surface area (Å²) >= 11 is 0. The molecule has 0 saturated heterocycles. The van der Waals surface area contributed by atoms with E-state index in [1.807, 2.05) is 17.7 Å². The summed E-state index contributed by atoms with van der Waals surface area (Å²) in [6.07, 6.45) is 3.54. The number of aromatic nitrogens is 3. The molecule has 0 amide bonds. The van der Waals surface area contributed by atoms with Gasteiger partial charge in [-0.3, -0.25) is 14.8 Å². The number of nitro groups is 1. The summed E-state index contributed by atoms with van der Waals surface area (Å²) in [5.74, 6) is 0.519. The summed E-state index contributed by atoms with van der Waals surface area (Å²) in [6, 6.07) is 4.77. The van der Waals surface area contributed by atoms with Crippen LogP contribution in [-0.4, -0.2) is 26.2 Å². The molecule has 0 aromatic carbocycles. The second-order valence-electron chi connectivity index (χ2n) is 4.72. The molecule has 7 heteroatoms. The van der Waals surface area contributed by atoms with Gasteiger partial charge in [-0.2, -0.15) is 5.10 Å². The van der Waals surface area contributed by atoms with Crippen molar-refractivity contribution in [2.45, 2.75) is 33.2 Å². The Morgan fingerprint density at radius 2 is 2.14 bits per heavy atom. The zero-order chi connectivity index (χ0) is 15.2. The fraction of sp³-hybridized carbons (Fsp3) is 0.429. The van der Waals surface area contributed by atoms with Crippen molar-refractivity contribution in [1.29, 1.82) is 0 Å². The Morgan fingerprint density at radius 1 is 1.33 bits per heavy atom. The smallest absolute Gasteiger partial charge is 0.275 e. The predicted molar refractivity (Wildman–Crippen MR) is 81.2 cm³/mol. The highest BCUT2D eigenvalue weighted by molar-refractivity contribution is 5.62. The lowest BCUT2D eigenvalue weighted by Crippen LogP contribution is -2.06. The van der Waals surface area contributed by atoms with Crippen molar-refractivity contribution in [3.05, 3.63) is 34.5 Å². The molecule has 0 atom stereocenters. The largest absolute Gasteiger partial charge is 0.370 e. The fourth-order valence-electron chi connectivity index (χ4n) is 2.04. The Hall–Kier alpha value is -2.44. The van der Waals surface area contributed by atoms with E-state index in [0.29, 0.717) is 11.5 Å². The lowest BCUT2D eigenvalue weighted by Gasteiger charge is -2.09. The number of rotatable bonds is 7. The summed E-state index contributed by atoms with van der Waals surface area (Å²) in [6.45, 7) is 5.56. The van der Waals surface area contributed by atoms with Crippen LogP contribution in [0.2, 0.25) is 0 Å². The molecule has 0 spiro atoms. The van der Waals surface area contributed by atoms with Crippen LogP contribution in [0.4, 0.5) is 11.5 Å². The van der Waals surface area contributed by atoms with Crippen LogP contribution in [0.5, 0.6) is 0 Å². The average molecular weight is 289 g/mol. The molecule has 0 bridgehead atoms. The molecule has 0 radical (unpaired) electrons. The van der Waals surface area contributed by atoms with Gasteiger partial charge in [0.1, 0.15) is 5.82 Å². The van der Waals surface area contributed by atoms with Gasteiger partial charge >= 0.3 is 0 Å². The molecule has 2 rings (SSSR count). The molecule has 2 heterocycles. The van der Waals surface area contributed by atoms with E-state index >= 15 is 0 Å². The molecule has 1 N–H and O–H groups in total. The molecule has 2 aromatic heterocycles. The molecule has 0 saturated carbocycles. The standard InChI is InChI=1S/C14H19N5O2/c1-3-6-15-14-10-11(19(20)21)9-12(17-14)13-5-7-16-18(13)8-4-2/h5,7,9-10H,3-4,6,8H2,1-2H3,(H,15,17). The van der Waals surface area contributed by atoms with Crippen molar-refractivity contribution in [3.8, 4) is 11.4 Å². The van der Waals surface area contributed by atoms with E-state index in [1.165, 1.54) is 12.1 Å². The number of hydrogen-bond acceptors (Lipinski definition) is 5. The van der Waals surface area contributed by atoms with Crippen molar-refractivity contribution in [3.63, 3.8) is 0 Å². The van der Waals surface area contributed by atoms with Crippen LogP contribution < -0.4 is 5.32 Å². The number of hydrogen-bond donors (Lipinski definition) is 1. The molecule has 0 fully saturated rings. The van der Waals surface area contributed by atoms with Crippen LogP contribution >= 0.6 is 0 Å². The van der Waals surface area contributed by atoms with E-state index in [0.717, 1.165) is 31.6 Å². The number of anilines is 1. The van der Waals surface area contributed by atoms with Crippen molar-refractivity contribution in [1.82, 2.24) is 14.8 Å². The Kier molecular flexibility index (Phi) is 4.86. The summed E-state index contributed by atoms with van der Waals surface area (Å²) in [7, 11) is 0. The second-order valence-corrected chi connectivity index (χ2v) is 4.72. The number of aryl methyl sites for hydroxylation is 1. The van der Waals surface area contributed by atoms with Crippen LogP contribution in [0.3, 0.4) is 0 Å². The van der Waals surface area contributed by atoms with Crippen molar-refractivity contribution >= 4 is 11.5 Å². The Balaban J connectivity index is 2.43. The minimum absolute atomic E-state index is 0.0304. The molecular formula is C14H19N5O2. The molecule has 0 unspecified atom stereocenters. The number of nitrogens with one attached hydrogen (secondary N) is 1. The Labute approximate surface area is 123 Å². The zero-order valence-corrected chi connectivity index (χ0v) is 12.2. The Morgan fingerprint density at radius 3 is 2.81 bits per heavy atom. The van der Waals surface area contributed by atoms with Crippen LogP contribution in [0.15, 0.2) is 24.4 Å². The van der Waals surface area contributed by atoms with E-state index in [4.69, 9.17) is 0 Å². The SMILES string of the molecule is CCCNc1cc([N+](=O)[O-])cc(-c2ccnn2CCC)n1. The van der Waals surface area contributed by atoms with Gasteiger partial charge in [0, 0.05) is 25.4 Å². The molecular weight excluding hydrogens is 270 g/mol. The van der Waals surface area contributed by atoms with E-state index in [2.05, 4.69) is 22.3 Å². The minimum atomic E-state index is -0.400. The molecule has 21 heavy (non-hydrogen) atoms. The number of nitrogens with zero attached hydrogens (tertiary/aromatic N) is 4. The monoisotopic (exact) mass is 289 g/mol. The third-order valence-corrected chi connectivity index (χ3v) is 2.99. The first kappa shape index (κ1) is 15.0. The van der Waals surface area contributed by atoms with Gasteiger partial charge in [0.05, 0.1) is 22.4 Å². The first-order chi connectivity index (χ1) is 10.2. The van der Waals surface area contributed by atoms with E-state index < -0.39 is 4.92 Å². The highest BCUT2D eigenvalue weighted by atomic mass is 16.6. The maximum atomic E-state index is 11.1. The van der Waals surface area contributed by atoms with Gasteiger partial charge in [-0.1, -0.05) is 13.8 Å². The van der Waals surface area contributed by atoms with Crippen LogP contribution in [-0.2, 0) is 6.54 Å². The minimum Gasteiger partial charge on any atom is -0.370 e. The molecule has 112 valence electrons. The average Bonchev–Trinajstić information content (AvgIpc) is 2.93.